The maximum atomic E-state index is 12.8. The van der Waals surface area contributed by atoms with Crippen molar-refractivity contribution >= 4 is 27.3 Å². The zero-order chi connectivity index (χ0) is 20.1. The number of anilines is 2. The highest BCUT2D eigenvalue weighted by atomic mass is 32.2. The average Bonchev–Trinajstić information content (AvgIpc) is 2.69. The summed E-state index contributed by atoms with van der Waals surface area (Å²) in [5.41, 5.74) is 1.73. The second-order valence-electron chi connectivity index (χ2n) is 6.00. The van der Waals surface area contributed by atoms with E-state index in [2.05, 4.69) is 15.0 Å². The first-order chi connectivity index (χ1) is 13.4. The maximum Gasteiger partial charge on any atom is 0.262 e. The van der Waals surface area contributed by atoms with Gasteiger partial charge in [-0.2, -0.15) is 0 Å². The molecule has 144 valence electrons. The Morgan fingerprint density at radius 2 is 1.64 bits per heavy atom. The van der Waals surface area contributed by atoms with E-state index in [0.29, 0.717) is 22.7 Å². The Morgan fingerprint density at radius 3 is 2.29 bits per heavy atom. The van der Waals surface area contributed by atoms with Gasteiger partial charge in [0.1, 0.15) is 5.75 Å². The number of carbonyl (C=O) groups is 1. The molecule has 0 unspecified atom stereocenters. The Hall–Kier alpha value is -3.39. The summed E-state index contributed by atoms with van der Waals surface area (Å²) in [6.07, 6.45) is 3.11. The summed E-state index contributed by atoms with van der Waals surface area (Å²) in [5.74, 6) is 0.209. The molecule has 0 fully saturated rings. The number of aromatic nitrogens is 1. The van der Waals surface area contributed by atoms with E-state index in [9.17, 15) is 13.2 Å². The molecule has 8 heteroatoms. The van der Waals surface area contributed by atoms with Crippen LogP contribution in [0.2, 0.25) is 0 Å². The number of aryl methyl sites for hydroxylation is 1. The zero-order valence-electron chi connectivity index (χ0n) is 15.3. The summed E-state index contributed by atoms with van der Waals surface area (Å²) in [7, 11) is -2.34. The van der Waals surface area contributed by atoms with Crippen molar-refractivity contribution in [3.05, 3.63) is 78.1 Å². The number of carbonyl (C=O) groups excluding carboxylic acids is 1. The largest absolute Gasteiger partial charge is 0.497 e. The quantitative estimate of drug-likeness (QED) is 0.664. The summed E-state index contributed by atoms with van der Waals surface area (Å²) in [6.45, 7) is 1.67. The van der Waals surface area contributed by atoms with E-state index in [0.717, 1.165) is 0 Å². The van der Waals surface area contributed by atoms with Crippen molar-refractivity contribution < 1.29 is 17.9 Å². The molecule has 0 saturated heterocycles. The minimum atomic E-state index is -3.87. The van der Waals surface area contributed by atoms with Gasteiger partial charge in [0.05, 0.1) is 12.0 Å². The predicted molar refractivity (Wildman–Crippen MR) is 107 cm³/mol. The molecule has 0 radical (unpaired) electrons. The van der Waals surface area contributed by atoms with Crippen molar-refractivity contribution in [2.45, 2.75) is 11.8 Å². The summed E-state index contributed by atoms with van der Waals surface area (Å²) in [4.78, 5) is 16.4. The standard InChI is InChI=1S/C20H19N3O4S/c1-14-3-4-15(20(24)22-16-9-11-21-12-10-16)13-19(14)28(25,26)23-17-5-7-18(27-2)8-6-17/h3-13,23H,1-2H3,(H,21,22,24). The summed E-state index contributed by atoms with van der Waals surface area (Å²) in [6, 6.07) is 14.4. The van der Waals surface area contributed by atoms with Crippen LogP contribution in [0, 0.1) is 6.92 Å². The highest BCUT2D eigenvalue weighted by Gasteiger charge is 2.19. The average molecular weight is 397 g/mol. The summed E-state index contributed by atoms with van der Waals surface area (Å²) in [5, 5.41) is 2.71. The third-order valence-corrected chi connectivity index (χ3v) is 5.54. The summed E-state index contributed by atoms with van der Waals surface area (Å²) >= 11 is 0. The van der Waals surface area contributed by atoms with Crippen LogP contribution in [0.3, 0.4) is 0 Å². The number of sulfonamides is 1. The lowest BCUT2D eigenvalue weighted by molar-refractivity contribution is 0.102. The number of nitrogens with one attached hydrogen (secondary N) is 2. The van der Waals surface area contributed by atoms with Gasteiger partial charge in [-0.1, -0.05) is 6.07 Å². The van der Waals surface area contributed by atoms with Crippen LogP contribution in [0.1, 0.15) is 15.9 Å². The SMILES string of the molecule is COc1ccc(NS(=O)(=O)c2cc(C(=O)Nc3ccncc3)ccc2C)cc1. The van der Waals surface area contributed by atoms with Crippen molar-refractivity contribution in [3.63, 3.8) is 0 Å². The van der Waals surface area contributed by atoms with E-state index in [4.69, 9.17) is 4.74 Å². The zero-order valence-corrected chi connectivity index (χ0v) is 16.2. The van der Waals surface area contributed by atoms with E-state index in [-0.39, 0.29) is 10.5 Å². The molecule has 0 aliphatic heterocycles. The molecule has 7 nitrogen and oxygen atoms in total. The molecule has 0 spiro atoms. The number of methoxy groups -OCH3 is 1. The first-order valence-corrected chi connectivity index (χ1v) is 9.86. The first kappa shape index (κ1) is 19.4. The van der Waals surface area contributed by atoms with E-state index >= 15 is 0 Å². The fraction of sp³-hybridized carbons (Fsp3) is 0.100. The van der Waals surface area contributed by atoms with E-state index in [1.54, 1.807) is 67.8 Å². The van der Waals surface area contributed by atoms with Gasteiger partial charge in [-0.15, -0.1) is 0 Å². The van der Waals surface area contributed by atoms with Gasteiger partial charge in [0.2, 0.25) is 0 Å². The van der Waals surface area contributed by atoms with Crippen LogP contribution in [0.25, 0.3) is 0 Å². The van der Waals surface area contributed by atoms with Crippen LogP contribution in [0.5, 0.6) is 5.75 Å². The topological polar surface area (TPSA) is 97.4 Å². The molecule has 1 amide bonds. The molecule has 2 N–H and O–H groups in total. The van der Waals surface area contributed by atoms with Gasteiger partial charge < -0.3 is 10.1 Å². The number of pyridine rings is 1. The van der Waals surface area contributed by atoms with Gasteiger partial charge in [0, 0.05) is 29.3 Å². The Balaban J connectivity index is 1.86. The number of benzene rings is 2. The van der Waals surface area contributed by atoms with Crippen LogP contribution in [0.15, 0.2) is 71.9 Å². The molecule has 2 aromatic carbocycles. The van der Waals surface area contributed by atoms with Crippen molar-refractivity contribution in [2.75, 3.05) is 17.1 Å². The van der Waals surface area contributed by atoms with E-state index in [1.807, 2.05) is 0 Å². The molecule has 0 aliphatic rings. The molecule has 1 heterocycles. The van der Waals surface area contributed by atoms with Crippen LogP contribution < -0.4 is 14.8 Å². The van der Waals surface area contributed by atoms with Gasteiger partial charge in [0.25, 0.3) is 15.9 Å². The second-order valence-corrected chi connectivity index (χ2v) is 7.66. The van der Waals surface area contributed by atoms with E-state index < -0.39 is 15.9 Å². The van der Waals surface area contributed by atoms with Crippen LogP contribution in [-0.4, -0.2) is 26.4 Å². The van der Waals surface area contributed by atoms with Crippen molar-refractivity contribution in [2.24, 2.45) is 0 Å². The van der Waals surface area contributed by atoms with Gasteiger partial charge >= 0.3 is 0 Å². The molecule has 0 atom stereocenters. The Morgan fingerprint density at radius 1 is 0.964 bits per heavy atom. The van der Waals surface area contributed by atoms with Crippen LogP contribution in [0.4, 0.5) is 11.4 Å². The van der Waals surface area contributed by atoms with Gasteiger partial charge in [0.15, 0.2) is 0 Å². The van der Waals surface area contributed by atoms with Gasteiger partial charge in [-0.3, -0.25) is 14.5 Å². The Kier molecular flexibility index (Phi) is 5.60. The molecule has 1 aromatic heterocycles. The smallest absolute Gasteiger partial charge is 0.262 e. The summed E-state index contributed by atoms with van der Waals surface area (Å²) < 4.78 is 33.2. The first-order valence-electron chi connectivity index (χ1n) is 8.38. The molecule has 28 heavy (non-hydrogen) atoms. The molecule has 0 aliphatic carbocycles. The highest BCUT2D eigenvalue weighted by Crippen LogP contribution is 2.23. The molecule has 0 bridgehead atoms. The fourth-order valence-corrected chi connectivity index (χ4v) is 3.87. The third-order valence-electron chi connectivity index (χ3n) is 4.02. The molecule has 3 aromatic rings. The number of nitrogens with zero attached hydrogens (tertiary/aromatic N) is 1. The fourth-order valence-electron chi connectivity index (χ4n) is 2.54. The van der Waals surface area contributed by atoms with E-state index in [1.165, 1.54) is 13.2 Å². The van der Waals surface area contributed by atoms with Gasteiger partial charge in [-0.25, -0.2) is 8.42 Å². The minimum absolute atomic E-state index is 0.0331. The lowest BCUT2D eigenvalue weighted by atomic mass is 10.1. The third kappa shape index (κ3) is 4.47. The van der Waals surface area contributed by atoms with Gasteiger partial charge in [-0.05, 0) is 61.0 Å². The van der Waals surface area contributed by atoms with Crippen LogP contribution in [-0.2, 0) is 10.0 Å². The normalized spacial score (nSPS) is 10.9. The predicted octanol–water partition coefficient (Wildman–Crippen LogP) is 3.45. The molecule has 0 saturated carbocycles. The monoisotopic (exact) mass is 397 g/mol. The number of hydrogen-bond acceptors (Lipinski definition) is 5. The van der Waals surface area contributed by atoms with Crippen molar-refractivity contribution in [3.8, 4) is 5.75 Å². The Bertz CT molecular complexity index is 1080. The Labute approximate surface area is 163 Å². The number of ether oxygens (including phenoxy) is 1. The molecular weight excluding hydrogens is 378 g/mol. The number of amides is 1. The van der Waals surface area contributed by atoms with Crippen molar-refractivity contribution in [1.82, 2.24) is 4.98 Å². The maximum absolute atomic E-state index is 12.8. The lowest BCUT2D eigenvalue weighted by Gasteiger charge is -2.12. The minimum Gasteiger partial charge on any atom is -0.497 e. The van der Waals surface area contributed by atoms with Crippen LogP contribution >= 0.6 is 0 Å². The number of rotatable bonds is 6. The second kappa shape index (κ2) is 8.10. The van der Waals surface area contributed by atoms with Crippen molar-refractivity contribution in [1.29, 1.82) is 0 Å². The lowest BCUT2D eigenvalue weighted by Crippen LogP contribution is -2.17. The molecular formula is C20H19N3O4S. The highest BCUT2D eigenvalue weighted by molar-refractivity contribution is 7.92. The molecule has 3 rings (SSSR count). The number of hydrogen-bond donors (Lipinski definition) is 2.